The van der Waals surface area contributed by atoms with E-state index in [4.69, 9.17) is 4.42 Å². The number of aromatic nitrogens is 2. The lowest BCUT2D eigenvalue weighted by atomic mass is 10.2. The monoisotopic (exact) mass is 217 g/mol. The van der Waals surface area contributed by atoms with Crippen molar-refractivity contribution in [3.63, 3.8) is 0 Å². The Bertz CT molecular complexity index is 422. The predicted octanol–water partition coefficient (Wildman–Crippen LogP) is 2.95. The van der Waals surface area contributed by atoms with Crippen LogP contribution in [0.15, 0.2) is 35.1 Å². The summed E-state index contributed by atoms with van der Waals surface area (Å²) in [4.78, 5) is 0. The van der Waals surface area contributed by atoms with Crippen LogP contribution in [0.3, 0.4) is 0 Å². The second kappa shape index (κ2) is 4.79. The number of anilines is 1. The molecule has 2 rings (SSSR count). The minimum atomic E-state index is 0.481. The van der Waals surface area contributed by atoms with E-state index in [1.807, 2.05) is 24.3 Å². The van der Waals surface area contributed by atoms with Crippen LogP contribution in [0.5, 0.6) is 0 Å². The summed E-state index contributed by atoms with van der Waals surface area (Å²) in [5, 5.41) is 10.9. The van der Waals surface area contributed by atoms with Crippen LogP contribution in [-0.2, 0) is 0 Å². The number of rotatable bonds is 4. The van der Waals surface area contributed by atoms with Crippen molar-refractivity contribution in [2.24, 2.45) is 0 Å². The summed E-state index contributed by atoms with van der Waals surface area (Å²) in [5.41, 5.74) is 2.05. The molecule has 0 saturated heterocycles. The molecule has 0 aliphatic rings. The lowest BCUT2D eigenvalue weighted by Crippen LogP contribution is -2.12. The molecule has 16 heavy (non-hydrogen) atoms. The van der Waals surface area contributed by atoms with E-state index in [9.17, 15) is 0 Å². The molecule has 1 N–H and O–H groups in total. The molecular formula is C12H15N3O. The second-order valence-electron chi connectivity index (χ2n) is 3.77. The maximum atomic E-state index is 5.12. The Balaban J connectivity index is 2.11. The first-order valence-electron chi connectivity index (χ1n) is 5.42. The van der Waals surface area contributed by atoms with Crippen molar-refractivity contribution in [1.82, 2.24) is 10.2 Å². The minimum Gasteiger partial charge on any atom is -0.423 e. The molecule has 1 aromatic heterocycles. The highest BCUT2D eigenvalue weighted by Gasteiger charge is 2.03. The largest absolute Gasteiger partial charge is 0.423 e. The van der Waals surface area contributed by atoms with Crippen molar-refractivity contribution in [1.29, 1.82) is 0 Å². The number of hydrogen-bond acceptors (Lipinski definition) is 4. The predicted molar refractivity (Wildman–Crippen MR) is 63.1 cm³/mol. The normalized spacial score (nSPS) is 12.4. The van der Waals surface area contributed by atoms with Crippen molar-refractivity contribution >= 4 is 5.69 Å². The number of hydrogen-bond donors (Lipinski definition) is 1. The van der Waals surface area contributed by atoms with Gasteiger partial charge in [-0.25, -0.2) is 0 Å². The summed E-state index contributed by atoms with van der Waals surface area (Å²) in [6.45, 7) is 4.32. The van der Waals surface area contributed by atoms with E-state index in [1.165, 1.54) is 6.39 Å². The summed E-state index contributed by atoms with van der Waals surface area (Å²) in [7, 11) is 0. The highest BCUT2D eigenvalue weighted by Crippen LogP contribution is 2.19. The van der Waals surface area contributed by atoms with Gasteiger partial charge in [0, 0.05) is 17.3 Å². The Hall–Kier alpha value is -1.84. The Morgan fingerprint density at radius 2 is 2.06 bits per heavy atom. The molecule has 1 heterocycles. The fraction of sp³-hybridized carbons (Fsp3) is 0.333. The summed E-state index contributed by atoms with van der Waals surface area (Å²) < 4.78 is 5.12. The van der Waals surface area contributed by atoms with Gasteiger partial charge in [0.2, 0.25) is 12.3 Å². The van der Waals surface area contributed by atoms with Gasteiger partial charge in [-0.1, -0.05) is 6.92 Å². The van der Waals surface area contributed by atoms with Gasteiger partial charge in [-0.2, -0.15) is 0 Å². The molecule has 4 nitrogen and oxygen atoms in total. The van der Waals surface area contributed by atoms with E-state index in [2.05, 4.69) is 29.4 Å². The lowest BCUT2D eigenvalue weighted by molar-refractivity contribution is 0.568. The zero-order valence-electron chi connectivity index (χ0n) is 9.47. The average molecular weight is 217 g/mol. The number of nitrogens with zero attached hydrogens (tertiary/aromatic N) is 2. The summed E-state index contributed by atoms with van der Waals surface area (Å²) in [6, 6.07) is 8.46. The van der Waals surface area contributed by atoms with Crippen LogP contribution in [-0.4, -0.2) is 16.2 Å². The van der Waals surface area contributed by atoms with Crippen molar-refractivity contribution < 1.29 is 4.42 Å². The third-order valence-electron chi connectivity index (χ3n) is 2.52. The van der Waals surface area contributed by atoms with Crippen molar-refractivity contribution in [3.05, 3.63) is 30.7 Å². The zero-order chi connectivity index (χ0) is 11.4. The van der Waals surface area contributed by atoms with Crippen LogP contribution in [0.25, 0.3) is 11.5 Å². The quantitative estimate of drug-likeness (QED) is 0.855. The molecule has 0 fully saturated rings. The molecule has 2 aromatic rings. The van der Waals surface area contributed by atoms with Gasteiger partial charge in [0.05, 0.1) is 0 Å². The second-order valence-corrected chi connectivity index (χ2v) is 3.77. The van der Waals surface area contributed by atoms with E-state index in [1.54, 1.807) is 0 Å². The van der Waals surface area contributed by atoms with E-state index in [-0.39, 0.29) is 0 Å². The van der Waals surface area contributed by atoms with Crippen LogP contribution in [0.2, 0.25) is 0 Å². The molecule has 0 bridgehead atoms. The van der Waals surface area contributed by atoms with Crippen LogP contribution in [0.4, 0.5) is 5.69 Å². The Kier molecular flexibility index (Phi) is 3.19. The number of benzene rings is 1. The first-order chi connectivity index (χ1) is 7.79. The third kappa shape index (κ3) is 2.39. The summed E-state index contributed by atoms with van der Waals surface area (Å²) in [6.07, 6.45) is 2.44. The molecule has 1 unspecified atom stereocenters. The molecule has 0 saturated carbocycles. The molecule has 0 aliphatic carbocycles. The molecule has 0 radical (unpaired) electrons. The molecule has 0 spiro atoms. The van der Waals surface area contributed by atoms with Gasteiger partial charge in [-0.05, 0) is 37.6 Å². The van der Waals surface area contributed by atoms with Crippen LogP contribution >= 0.6 is 0 Å². The maximum absolute atomic E-state index is 5.12. The van der Waals surface area contributed by atoms with Gasteiger partial charge < -0.3 is 9.73 Å². The maximum Gasteiger partial charge on any atom is 0.247 e. The molecule has 1 atom stereocenters. The Morgan fingerprint density at radius 3 is 2.62 bits per heavy atom. The number of nitrogens with one attached hydrogen (secondary N) is 1. The summed E-state index contributed by atoms with van der Waals surface area (Å²) >= 11 is 0. The first kappa shape index (κ1) is 10.7. The van der Waals surface area contributed by atoms with Crippen LogP contribution < -0.4 is 5.32 Å². The van der Waals surface area contributed by atoms with E-state index in [0.29, 0.717) is 11.9 Å². The van der Waals surface area contributed by atoms with Gasteiger partial charge in [0.25, 0.3) is 0 Å². The van der Waals surface area contributed by atoms with Crippen LogP contribution in [0.1, 0.15) is 20.3 Å². The van der Waals surface area contributed by atoms with E-state index in [0.717, 1.165) is 17.7 Å². The molecule has 0 amide bonds. The lowest BCUT2D eigenvalue weighted by Gasteiger charge is -2.12. The fourth-order valence-corrected chi connectivity index (χ4v) is 1.39. The highest BCUT2D eigenvalue weighted by molar-refractivity contribution is 5.58. The molecular weight excluding hydrogens is 202 g/mol. The van der Waals surface area contributed by atoms with Gasteiger partial charge in [-0.3, -0.25) is 0 Å². The van der Waals surface area contributed by atoms with Gasteiger partial charge in [0.1, 0.15) is 0 Å². The molecule has 1 aromatic carbocycles. The van der Waals surface area contributed by atoms with Crippen molar-refractivity contribution in [3.8, 4) is 11.5 Å². The molecule has 0 aliphatic heterocycles. The van der Waals surface area contributed by atoms with E-state index >= 15 is 0 Å². The topological polar surface area (TPSA) is 51.0 Å². The minimum absolute atomic E-state index is 0.481. The average Bonchev–Trinajstić information content (AvgIpc) is 2.83. The van der Waals surface area contributed by atoms with Crippen molar-refractivity contribution in [2.45, 2.75) is 26.3 Å². The van der Waals surface area contributed by atoms with Gasteiger partial charge in [0.15, 0.2) is 0 Å². The Morgan fingerprint density at radius 1 is 1.31 bits per heavy atom. The Labute approximate surface area is 94.7 Å². The zero-order valence-corrected chi connectivity index (χ0v) is 9.47. The smallest absolute Gasteiger partial charge is 0.247 e. The van der Waals surface area contributed by atoms with Crippen LogP contribution in [0, 0.1) is 0 Å². The molecule has 4 heteroatoms. The first-order valence-corrected chi connectivity index (χ1v) is 5.42. The fourth-order valence-electron chi connectivity index (χ4n) is 1.39. The third-order valence-corrected chi connectivity index (χ3v) is 2.52. The summed E-state index contributed by atoms with van der Waals surface area (Å²) in [5.74, 6) is 0.551. The van der Waals surface area contributed by atoms with Gasteiger partial charge in [-0.15, -0.1) is 10.2 Å². The van der Waals surface area contributed by atoms with E-state index < -0.39 is 0 Å². The van der Waals surface area contributed by atoms with Gasteiger partial charge >= 0.3 is 0 Å². The molecule has 84 valence electrons. The van der Waals surface area contributed by atoms with Crippen molar-refractivity contribution in [2.75, 3.05) is 5.32 Å². The standard InChI is InChI=1S/C12H15N3O/c1-3-9(2)14-11-6-4-10(5-7-11)12-15-13-8-16-12/h4-9,14H,3H2,1-2H3. The SMILES string of the molecule is CCC(C)Nc1ccc(-c2nnco2)cc1. The highest BCUT2D eigenvalue weighted by atomic mass is 16.4.